The zero-order valence-corrected chi connectivity index (χ0v) is 10.6. The first-order valence-corrected chi connectivity index (χ1v) is 6.50. The van der Waals surface area contributed by atoms with Crippen molar-refractivity contribution in [2.45, 2.75) is 19.9 Å². The molecule has 2 rings (SSSR count). The summed E-state index contributed by atoms with van der Waals surface area (Å²) in [5.74, 6) is 0. The standard InChI is InChI=1S/C14H14N2S/c1-2-11-4-3-5-13(6-11)16-9-14-7-12(8-15)10-17-14/h3-7,10,16H,2,9H2,1H3. The molecule has 17 heavy (non-hydrogen) atoms. The summed E-state index contributed by atoms with van der Waals surface area (Å²) in [7, 11) is 0. The molecular formula is C14H14N2S. The first kappa shape index (κ1) is 11.7. The van der Waals surface area contributed by atoms with Gasteiger partial charge in [-0.3, -0.25) is 0 Å². The van der Waals surface area contributed by atoms with Gasteiger partial charge in [-0.05, 0) is 30.2 Å². The fourth-order valence-corrected chi connectivity index (χ4v) is 2.37. The summed E-state index contributed by atoms with van der Waals surface area (Å²) in [5.41, 5.74) is 3.21. The van der Waals surface area contributed by atoms with Crippen LogP contribution < -0.4 is 5.32 Å². The predicted molar refractivity (Wildman–Crippen MR) is 72.2 cm³/mol. The Hall–Kier alpha value is -1.79. The number of nitrogens with one attached hydrogen (secondary N) is 1. The maximum Gasteiger partial charge on any atom is 0.100 e. The molecule has 1 aromatic carbocycles. The summed E-state index contributed by atoms with van der Waals surface area (Å²) >= 11 is 1.62. The van der Waals surface area contributed by atoms with E-state index in [1.807, 2.05) is 11.4 Å². The summed E-state index contributed by atoms with van der Waals surface area (Å²) in [6.45, 7) is 2.93. The second-order valence-corrected chi connectivity index (χ2v) is 4.82. The molecule has 0 aliphatic heterocycles. The minimum atomic E-state index is 0.745. The van der Waals surface area contributed by atoms with Crippen LogP contribution in [0, 0.1) is 11.3 Å². The lowest BCUT2D eigenvalue weighted by Crippen LogP contribution is -1.97. The highest BCUT2D eigenvalue weighted by atomic mass is 32.1. The maximum absolute atomic E-state index is 8.74. The number of anilines is 1. The zero-order chi connectivity index (χ0) is 12.1. The number of rotatable bonds is 4. The minimum Gasteiger partial charge on any atom is -0.380 e. The minimum absolute atomic E-state index is 0.745. The van der Waals surface area contributed by atoms with E-state index >= 15 is 0 Å². The molecule has 0 spiro atoms. The van der Waals surface area contributed by atoms with Crippen molar-refractivity contribution in [3.63, 3.8) is 0 Å². The number of benzene rings is 1. The van der Waals surface area contributed by atoms with Gasteiger partial charge in [-0.15, -0.1) is 11.3 Å². The molecule has 1 heterocycles. The smallest absolute Gasteiger partial charge is 0.100 e. The summed E-state index contributed by atoms with van der Waals surface area (Å²) < 4.78 is 0. The Labute approximate surface area is 106 Å². The lowest BCUT2D eigenvalue weighted by atomic mass is 10.1. The Morgan fingerprint density at radius 2 is 2.24 bits per heavy atom. The van der Waals surface area contributed by atoms with E-state index in [0.717, 1.165) is 24.2 Å². The topological polar surface area (TPSA) is 35.8 Å². The molecule has 86 valence electrons. The molecule has 0 radical (unpaired) electrons. The summed E-state index contributed by atoms with van der Waals surface area (Å²) in [6.07, 6.45) is 1.05. The van der Waals surface area contributed by atoms with E-state index in [1.165, 1.54) is 10.4 Å². The van der Waals surface area contributed by atoms with E-state index in [4.69, 9.17) is 5.26 Å². The van der Waals surface area contributed by atoms with Crippen LogP contribution in [-0.4, -0.2) is 0 Å². The number of hydrogen-bond donors (Lipinski definition) is 1. The summed E-state index contributed by atoms with van der Waals surface area (Å²) in [4.78, 5) is 1.18. The second kappa shape index (κ2) is 5.51. The van der Waals surface area contributed by atoms with E-state index in [0.29, 0.717) is 0 Å². The summed E-state index contributed by atoms with van der Waals surface area (Å²) in [6, 6.07) is 12.5. The second-order valence-electron chi connectivity index (χ2n) is 3.82. The van der Waals surface area contributed by atoms with Gasteiger partial charge in [0.25, 0.3) is 0 Å². The molecular weight excluding hydrogens is 228 g/mol. The van der Waals surface area contributed by atoms with Crippen LogP contribution in [0.25, 0.3) is 0 Å². The molecule has 0 aliphatic rings. The van der Waals surface area contributed by atoms with Crippen molar-refractivity contribution in [1.82, 2.24) is 0 Å². The fourth-order valence-electron chi connectivity index (χ4n) is 1.62. The molecule has 0 unspecified atom stereocenters. The van der Waals surface area contributed by atoms with Crippen molar-refractivity contribution in [1.29, 1.82) is 5.26 Å². The molecule has 2 aromatic rings. The van der Waals surface area contributed by atoms with E-state index in [1.54, 1.807) is 11.3 Å². The van der Waals surface area contributed by atoms with Crippen LogP contribution in [-0.2, 0) is 13.0 Å². The normalized spacial score (nSPS) is 9.88. The molecule has 0 aliphatic carbocycles. The van der Waals surface area contributed by atoms with Gasteiger partial charge in [0.15, 0.2) is 0 Å². The summed E-state index contributed by atoms with van der Waals surface area (Å²) in [5, 5.41) is 14.0. The number of thiophene rings is 1. The molecule has 0 atom stereocenters. The average molecular weight is 242 g/mol. The van der Waals surface area contributed by atoms with Gasteiger partial charge < -0.3 is 5.32 Å². The van der Waals surface area contributed by atoms with Crippen LogP contribution in [0.2, 0.25) is 0 Å². The largest absolute Gasteiger partial charge is 0.380 e. The monoisotopic (exact) mass is 242 g/mol. The highest BCUT2D eigenvalue weighted by molar-refractivity contribution is 7.10. The molecule has 0 saturated carbocycles. The third kappa shape index (κ3) is 3.08. The molecule has 0 amide bonds. The highest BCUT2D eigenvalue weighted by Crippen LogP contribution is 2.17. The van der Waals surface area contributed by atoms with Crippen molar-refractivity contribution in [3.8, 4) is 6.07 Å². The molecule has 3 heteroatoms. The first-order valence-electron chi connectivity index (χ1n) is 5.62. The van der Waals surface area contributed by atoms with Crippen molar-refractivity contribution in [2.24, 2.45) is 0 Å². The van der Waals surface area contributed by atoms with E-state index in [9.17, 15) is 0 Å². The van der Waals surface area contributed by atoms with Gasteiger partial charge in [0.05, 0.1) is 5.56 Å². The van der Waals surface area contributed by atoms with E-state index in [2.05, 4.69) is 42.6 Å². The third-order valence-corrected chi connectivity index (χ3v) is 3.52. The van der Waals surface area contributed by atoms with Crippen LogP contribution in [0.1, 0.15) is 22.9 Å². The lowest BCUT2D eigenvalue weighted by molar-refractivity contribution is 1.13. The Balaban J connectivity index is 1.99. The Kier molecular flexibility index (Phi) is 3.79. The molecule has 0 saturated heterocycles. The van der Waals surface area contributed by atoms with Gasteiger partial charge in [-0.1, -0.05) is 19.1 Å². The van der Waals surface area contributed by atoms with Gasteiger partial charge in [-0.25, -0.2) is 0 Å². The van der Waals surface area contributed by atoms with Crippen molar-refractivity contribution >= 4 is 17.0 Å². The number of aryl methyl sites for hydroxylation is 1. The number of nitriles is 1. The van der Waals surface area contributed by atoms with Gasteiger partial charge in [0.2, 0.25) is 0 Å². The van der Waals surface area contributed by atoms with Crippen molar-refractivity contribution in [3.05, 3.63) is 51.7 Å². The van der Waals surface area contributed by atoms with E-state index in [-0.39, 0.29) is 0 Å². The fraction of sp³-hybridized carbons (Fsp3) is 0.214. The molecule has 2 nitrogen and oxygen atoms in total. The molecule has 1 aromatic heterocycles. The van der Waals surface area contributed by atoms with Gasteiger partial charge >= 0.3 is 0 Å². The maximum atomic E-state index is 8.74. The van der Waals surface area contributed by atoms with Crippen LogP contribution in [0.5, 0.6) is 0 Å². The molecule has 0 fully saturated rings. The first-order chi connectivity index (χ1) is 8.31. The average Bonchev–Trinajstić information content (AvgIpc) is 2.84. The third-order valence-electron chi connectivity index (χ3n) is 2.58. The molecule has 0 bridgehead atoms. The Morgan fingerprint density at radius 3 is 2.94 bits per heavy atom. The number of hydrogen-bond acceptors (Lipinski definition) is 3. The van der Waals surface area contributed by atoms with Crippen LogP contribution in [0.15, 0.2) is 35.7 Å². The van der Waals surface area contributed by atoms with E-state index < -0.39 is 0 Å². The van der Waals surface area contributed by atoms with Gasteiger partial charge in [0.1, 0.15) is 6.07 Å². The van der Waals surface area contributed by atoms with Gasteiger partial charge in [-0.2, -0.15) is 5.26 Å². The van der Waals surface area contributed by atoms with Crippen molar-refractivity contribution in [2.75, 3.05) is 5.32 Å². The number of nitrogens with zero attached hydrogens (tertiary/aromatic N) is 1. The highest BCUT2D eigenvalue weighted by Gasteiger charge is 1.99. The predicted octanol–water partition coefficient (Wildman–Crippen LogP) is 3.79. The molecule has 1 N–H and O–H groups in total. The van der Waals surface area contributed by atoms with Gasteiger partial charge in [0, 0.05) is 22.5 Å². The zero-order valence-electron chi connectivity index (χ0n) is 9.73. The quantitative estimate of drug-likeness (QED) is 0.885. The SMILES string of the molecule is CCc1cccc(NCc2cc(C#N)cs2)c1. The lowest BCUT2D eigenvalue weighted by Gasteiger charge is -2.06. The van der Waals surface area contributed by atoms with Crippen LogP contribution in [0.3, 0.4) is 0 Å². The Bertz CT molecular complexity index is 537. The van der Waals surface area contributed by atoms with Crippen molar-refractivity contribution < 1.29 is 0 Å². The van der Waals surface area contributed by atoms with Crippen LogP contribution >= 0.6 is 11.3 Å². The Morgan fingerprint density at radius 1 is 1.35 bits per heavy atom. The van der Waals surface area contributed by atoms with Crippen LogP contribution in [0.4, 0.5) is 5.69 Å².